The second-order valence-electron chi connectivity index (χ2n) is 6.46. The number of hydrogen-bond donors (Lipinski definition) is 1. The zero-order valence-electron chi connectivity index (χ0n) is 15.4. The molecular formula is C20H29N3O2. The Morgan fingerprint density at radius 1 is 1.20 bits per heavy atom. The molecule has 2 rings (SSSR count). The van der Waals surface area contributed by atoms with Crippen LogP contribution in [0.5, 0.6) is 0 Å². The standard InChI is InChI=1S/C20H29N3O2/c1-17(2)21-14-20(24)23(12-13-25-3)16-19-10-7-11-22(19)15-18-8-5-4-6-9-18/h4-11,17,21H,12-16H2,1-3H3. The van der Waals surface area contributed by atoms with Gasteiger partial charge < -0.3 is 19.5 Å². The van der Waals surface area contributed by atoms with E-state index < -0.39 is 0 Å². The van der Waals surface area contributed by atoms with Crippen molar-refractivity contribution in [1.29, 1.82) is 0 Å². The van der Waals surface area contributed by atoms with Gasteiger partial charge in [-0.05, 0) is 17.7 Å². The van der Waals surface area contributed by atoms with Gasteiger partial charge >= 0.3 is 0 Å². The van der Waals surface area contributed by atoms with Gasteiger partial charge in [0, 0.05) is 38.1 Å². The van der Waals surface area contributed by atoms with Gasteiger partial charge in [0.25, 0.3) is 0 Å². The van der Waals surface area contributed by atoms with Crippen molar-refractivity contribution < 1.29 is 9.53 Å². The van der Waals surface area contributed by atoms with Crippen molar-refractivity contribution in [3.8, 4) is 0 Å². The van der Waals surface area contributed by atoms with Crippen LogP contribution in [0.2, 0.25) is 0 Å². The maximum absolute atomic E-state index is 12.5. The predicted molar refractivity (Wildman–Crippen MR) is 100 cm³/mol. The third kappa shape index (κ3) is 6.36. The van der Waals surface area contributed by atoms with Crippen LogP contribution in [0.15, 0.2) is 48.7 Å². The van der Waals surface area contributed by atoms with Gasteiger partial charge in [-0.1, -0.05) is 44.2 Å². The summed E-state index contributed by atoms with van der Waals surface area (Å²) in [5, 5.41) is 3.20. The summed E-state index contributed by atoms with van der Waals surface area (Å²) in [6, 6.07) is 14.7. The van der Waals surface area contributed by atoms with Crippen LogP contribution in [-0.2, 0) is 22.6 Å². The normalized spacial score (nSPS) is 11.0. The molecule has 0 bridgehead atoms. The van der Waals surface area contributed by atoms with Crippen LogP contribution in [-0.4, -0.2) is 48.2 Å². The van der Waals surface area contributed by atoms with E-state index in [-0.39, 0.29) is 11.9 Å². The van der Waals surface area contributed by atoms with E-state index >= 15 is 0 Å². The van der Waals surface area contributed by atoms with Crippen molar-refractivity contribution in [3.63, 3.8) is 0 Å². The number of carbonyl (C=O) groups is 1. The fraction of sp³-hybridized carbons (Fsp3) is 0.450. The Labute approximate surface area is 150 Å². The molecule has 25 heavy (non-hydrogen) atoms. The number of ether oxygens (including phenoxy) is 1. The van der Waals surface area contributed by atoms with Crippen LogP contribution in [0.25, 0.3) is 0 Å². The molecule has 0 saturated carbocycles. The van der Waals surface area contributed by atoms with Gasteiger partial charge in [0.05, 0.1) is 19.7 Å². The highest BCUT2D eigenvalue weighted by Crippen LogP contribution is 2.11. The van der Waals surface area contributed by atoms with E-state index in [0.29, 0.717) is 26.2 Å². The van der Waals surface area contributed by atoms with Gasteiger partial charge in [0.15, 0.2) is 0 Å². The first-order chi connectivity index (χ1) is 12.1. The first kappa shape index (κ1) is 19.2. The molecule has 0 radical (unpaired) electrons. The highest BCUT2D eigenvalue weighted by molar-refractivity contribution is 5.78. The Morgan fingerprint density at radius 2 is 1.96 bits per heavy atom. The molecule has 136 valence electrons. The number of carbonyl (C=O) groups excluding carboxylic acids is 1. The molecule has 1 aromatic heterocycles. The first-order valence-corrected chi connectivity index (χ1v) is 8.78. The summed E-state index contributed by atoms with van der Waals surface area (Å²) in [7, 11) is 1.66. The molecule has 0 aliphatic heterocycles. The smallest absolute Gasteiger partial charge is 0.236 e. The lowest BCUT2D eigenvalue weighted by Gasteiger charge is -2.24. The largest absolute Gasteiger partial charge is 0.383 e. The van der Waals surface area contributed by atoms with Crippen LogP contribution >= 0.6 is 0 Å². The van der Waals surface area contributed by atoms with Gasteiger partial charge in [-0.3, -0.25) is 4.79 Å². The number of rotatable bonds is 10. The topological polar surface area (TPSA) is 46.5 Å². The van der Waals surface area contributed by atoms with Crippen LogP contribution < -0.4 is 5.32 Å². The summed E-state index contributed by atoms with van der Waals surface area (Å²) in [5.74, 6) is 0.0956. The van der Waals surface area contributed by atoms with Gasteiger partial charge in [0.1, 0.15) is 0 Å². The molecule has 1 N–H and O–H groups in total. The molecular weight excluding hydrogens is 314 g/mol. The van der Waals surface area contributed by atoms with Crippen molar-refractivity contribution in [1.82, 2.24) is 14.8 Å². The zero-order chi connectivity index (χ0) is 18.1. The summed E-state index contributed by atoms with van der Waals surface area (Å²) in [6.45, 7) is 6.94. The number of amides is 1. The minimum absolute atomic E-state index is 0.0956. The Bertz CT molecular complexity index is 637. The SMILES string of the molecule is COCCN(Cc1cccn1Cc1ccccc1)C(=O)CNC(C)C. The molecule has 0 unspecified atom stereocenters. The second-order valence-corrected chi connectivity index (χ2v) is 6.46. The highest BCUT2D eigenvalue weighted by atomic mass is 16.5. The molecule has 1 aromatic carbocycles. The molecule has 1 heterocycles. The lowest BCUT2D eigenvalue weighted by molar-refractivity contribution is -0.131. The molecule has 5 heteroatoms. The summed E-state index contributed by atoms with van der Waals surface area (Å²) in [6.07, 6.45) is 2.06. The summed E-state index contributed by atoms with van der Waals surface area (Å²) < 4.78 is 7.36. The minimum Gasteiger partial charge on any atom is -0.383 e. The zero-order valence-corrected chi connectivity index (χ0v) is 15.4. The molecule has 0 fully saturated rings. The molecule has 0 saturated heterocycles. The summed E-state index contributed by atoms with van der Waals surface area (Å²) in [4.78, 5) is 14.4. The number of nitrogens with one attached hydrogen (secondary N) is 1. The summed E-state index contributed by atoms with van der Waals surface area (Å²) in [5.41, 5.74) is 2.37. The quantitative estimate of drug-likeness (QED) is 0.721. The number of hydrogen-bond acceptors (Lipinski definition) is 3. The number of benzene rings is 1. The lowest BCUT2D eigenvalue weighted by Crippen LogP contribution is -2.41. The van der Waals surface area contributed by atoms with Crippen LogP contribution in [0, 0.1) is 0 Å². The Balaban J connectivity index is 2.05. The van der Waals surface area contributed by atoms with E-state index in [1.165, 1.54) is 5.56 Å². The average Bonchev–Trinajstić information content (AvgIpc) is 3.04. The van der Waals surface area contributed by atoms with E-state index in [1.807, 2.05) is 43.0 Å². The number of nitrogens with zero attached hydrogens (tertiary/aromatic N) is 2. The number of aromatic nitrogens is 1. The molecule has 2 aromatic rings. The van der Waals surface area contributed by atoms with Gasteiger partial charge in [-0.25, -0.2) is 0 Å². The average molecular weight is 343 g/mol. The van der Waals surface area contributed by atoms with Crippen molar-refractivity contribution >= 4 is 5.91 Å². The van der Waals surface area contributed by atoms with Crippen molar-refractivity contribution in [2.75, 3.05) is 26.8 Å². The monoisotopic (exact) mass is 343 g/mol. The van der Waals surface area contributed by atoms with Crippen molar-refractivity contribution in [3.05, 3.63) is 59.9 Å². The van der Waals surface area contributed by atoms with Gasteiger partial charge in [0.2, 0.25) is 5.91 Å². The maximum Gasteiger partial charge on any atom is 0.236 e. The molecule has 0 atom stereocenters. The Morgan fingerprint density at radius 3 is 2.64 bits per heavy atom. The van der Waals surface area contributed by atoms with E-state index in [0.717, 1.165) is 12.2 Å². The maximum atomic E-state index is 12.5. The molecule has 0 spiro atoms. The fourth-order valence-corrected chi connectivity index (χ4v) is 2.62. The van der Waals surface area contributed by atoms with Crippen LogP contribution in [0.3, 0.4) is 0 Å². The summed E-state index contributed by atoms with van der Waals surface area (Å²) >= 11 is 0. The van der Waals surface area contributed by atoms with E-state index in [2.05, 4.69) is 34.3 Å². The molecule has 5 nitrogen and oxygen atoms in total. The van der Waals surface area contributed by atoms with E-state index in [1.54, 1.807) is 7.11 Å². The van der Waals surface area contributed by atoms with Crippen LogP contribution in [0.1, 0.15) is 25.1 Å². The van der Waals surface area contributed by atoms with Crippen molar-refractivity contribution in [2.24, 2.45) is 0 Å². The molecule has 0 aliphatic carbocycles. The minimum atomic E-state index is 0.0956. The third-order valence-corrected chi connectivity index (χ3v) is 4.05. The number of methoxy groups -OCH3 is 1. The van der Waals surface area contributed by atoms with E-state index in [4.69, 9.17) is 4.74 Å². The molecule has 1 amide bonds. The third-order valence-electron chi connectivity index (χ3n) is 4.05. The first-order valence-electron chi connectivity index (χ1n) is 8.78. The van der Waals surface area contributed by atoms with Crippen LogP contribution in [0.4, 0.5) is 0 Å². The van der Waals surface area contributed by atoms with Gasteiger partial charge in [-0.15, -0.1) is 0 Å². The van der Waals surface area contributed by atoms with Crippen molar-refractivity contribution in [2.45, 2.75) is 33.0 Å². The predicted octanol–water partition coefficient (Wildman–Crippen LogP) is 2.51. The van der Waals surface area contributed by atoms with Gasteiger partial charge in [-0.2, -0.15) is 0 Å². The lowest BCUT2D eigenvalue weighted by atomic mass is 10.2. The van der Waals surface area contributed by atoms with E-state index in [9.17, 15) is 4.79 Å². The Kier molecular flexibility index (Phi) is 7.70. The molecule has 0 aliphatic rings. The fourth-order valence-electron chi connectivity index (χ4n) is 2.62. The highest BCUT2D eigenvalue weighted by Gasteiger charge is 2.15. The second kappa shape index (κ2) is 10.0. The Hall–Kier alpha value is -2.11.